The molecule has 3 aromatic rings. The molecule has 0 aliphatic heterocycles. The van der Waals surface area contributed by atoms with Crippen molar-refractivity contribution in [3.05, 3.63) is 94.8 Å². The van der Waals surface area contributed by atoms with Gasteiger partial charge >= 0.3 is 0 Å². The van der Waals surface area contributed by atoms with Gasteiger partial charge in [-0.05, 0) is 55.3 Å². The number of aryl methyl sites for hydroxylation is 2. The topological polar surface area (TPSA) is 68.3 Å². The van der Waals surface area contributed by atoms with Crippen LogP contribution in [0.1, 0.15) is 45.6 Å². The second-order valence-electron chi connectivity index (χ2n) is 7.28. The molecule has 30 heavy (non-hydrogen) atoms. The monoisotopic (exact) mass is 402 g/mol. The van der Waals surface area contributed by atoms with E-state index in [2.05, 4.69) is 10.3 Å². The summed E-state index contributed by atoms with van der Waals surface area (Å²) in [7, 11) is 0. The average molecular weight is 402 g/mol. The van der Waals surface area contributed by atoms with Crippen LogP contribution in [-0.4, -0.2) is 16.7 Å². The molecule has 0 aliphatic carbocycles. The number of ether oxygens (including phenoxy) is 1. The number of aromatic nitrogens is 1. The lowest BCUT2D eigenvalue weighted by atomic mass is 9.99. The SMILES string of the molecule is Cc1ccc(C)c(C(=O)CCC(=O)NCc2cccc(OCc3ccccn3)c2)c1. The molecule has 1 heterocycles. The molecule has 2 aromatic carbocycles. The van der Waals surface area contributed by atoms with E-state index in [0.29, 0.717) is 18.7 Å². The number of ketones is 1. The molecular weight excluding hydrogens is 376 g/mol. The van der Waals surface area contributed by atoms with Crippen molar-refractivity contribution in [2.75, 3.05) is 0 Å². The van der Waals surface area contributed by atoms with Crippen molar-refractivity contribution in [3.8, 4) is 5.75 Å². The molecule has 0 radical (unpaired) electrons. The van der Waals surface area contributed by atoms with Crippen LogP contribution >= 0.6 is 0 Å². The summed E-state index contributed by atoms with van der Waals surface area (Å²) in [6, 6.07) is 19.1. The summed E-state index contributed by atoms with van der Waals surface area (Å²) in [5.41, 5.74) is 4.46. The minimum Gasteiger partial charge on any atom is -0.487 e. The minimum atomic E-state index is -0.145. The van der Waals surface area contributed by atoms with Crippen molar-refractivity contribution in [1.82, 2.24) is 10.3 Å². The Hall–Kier alpha value is -3.47. The van der Waals surface area contributed by atoms with E-state index in [0.717, 1.165) is 28.1 Å². The number of carbonyl (C=O) groups is 2. The maximum Gasteiger partial charge on any atom is 0.220 e. The lowest BCUT2D eigenvalue weighted by Crippen LogP contribution is -2.23. The van der Waals surface area contributed by atoms with Crippen LogP contribution in [0.4, 0.5) is 0 Å². The second-order valence-corrected chi connectivity index (χ2v) is 7.28. The number of pyridine rings is 1. The molecular formula is C25H26N2O3. The molecule has 0 unspecified atom stereocenters. The zero-order valence-electron chi connectivity index (χ0n) is 17.4. The van der Waals surface area contributed by atoms with Gasteiger partial charge in [-0.2, -0.15) is 0 Å². The third-order valence-electron chi connectivity index (χ3n) is 4.77. The Kier molecular flexibility index (Phi) is 7.33. The zero-order chi connectivity index (χ0) is 21.3. The van der Waals surface area contributed by atoms with Crippen LogP contribution in [0.25, 0.3) is 0 Å². The molecule has 0 saturated heterocycles. The molecule has 1 amide bonds. The Bertz CT molecular complexity index is 1020. The van der Waals surface area contributed by atoms with Gasteiger partial charge in [-0.3, -0.25) is 14.6 Å². The van der Waals surface area contributed by atoms with E-state index in [1.165, 1.54) is 0 Å². The van der Waals surface area contributed by atoms with E-state index in [1.807, 2.05) is 74.5 Å². The van der Waals surface area contributed by atoms with Crippen molar-refractivity contribution in [2.24, 2.45) is 0 Å². The summed E-state index contributed by atoms with van der Waals surface area (Å²) in [6.45, 7) is 4.64. The largest absolute Gasteiger partial charge is 0.487 e. The summed E-state index contributed by atoms with van der Waals surface area (Å²) < 4.78 is 5.77. The smallest absolute Gasteiger partial charge is 0.220 e. The van der Waals surface area contributed by atoms with Gasteiger partial charge in [0.1, 0.15) is 12.4 Å². The Labute approximate surface area is 177 Å². The fraction of sp³-hybridized carbons (Fsp3) is 0.240. The molecule has 0 spiro atoms. The average Bonchev–Trinajstić information content (AvgIpc) is 2.77. The van der Waals surface area contributed by atoms with Crippen molar-refractivity contribution < 1.29 is 14.3 Å². The van der Waals surface area contributed by atoms with Gasteiger partial charge in [0.25, 0.3) is 0 Å². The van der Waals surface area contributed by atoms with Crippen LogP contribution in [0.2, 0.25) is 0 Å². The first-order chi connectivity index (χ1) is 14.5. The molecule has 154 valence electrons. The summed E-state index contributed by atoms with van der Waals surface area (Å²) in [5, 5.41) is 2.87. The molecule has 0 fully saturated rings. The summed E-state index contributed by atoms with van der Waals surface area (Å²) in [6.07, 6.45) is 2.10. The van der Waals surface area contributed by atoms with Gasteiger partial charge in [0.2, 0.25) is 5.91 Å². The normalized spacial score (nSPS) is 10.5. The third kappa shape index (κ3) is 6.27. The number of amides is 1. The molecule has 1 aromatic heterocycles. The van der Waals surface area contributed by atoms with E-state index < -0.39 is 0 Å². The van der Waals surface area contributed by atoms with Gasteiger partial charge in [-0.25, -0.2) is 0 Å². The molecule has 0 aliphatic rings. The fourth-order valence-electron chi connectivity index (χ4n) is 3.07. The van der Waals surface area contributed by atoms with Gasteiger partial charge < -0.3 is 10.1 Å². The molecule has 1 N–H and O–H groups in total. The molecule has 3 rings (SSSR count). The van der Waals surface area contributed by atoms with E-state index in [1.54, 1.807) is 6.20 Å². The number of hydrogen-bond donors (Lipinski definition) is 1. The highest BCUT2D eigenvalue weighted by molar-refractivity contribution is 5.99. The van der Waals surface area contributed by atoms with Gasteiger partial charge in [0.05, 0.1) is 5.69 Å². The number of hydrogen-bond acceptors (Lipinski definition) is 4. The Morgan fingerprint density at radius 3 is 2.63 bits per heavy atom. The number of carbonyl (C=O) groups excluding carboxylic acids is 2. The minimum absolute atomic E-state index is 0.00345. The number of rotatable bonds is 9. The third-order valence-corrected chi connectivity index (χ3v) is 4.77. The second kappa shape index (κ2) is 10.3. The number of nitrogens with one attached hydrogen (secondary N) is 1. The number of Topliss-reactive ketones (excluding diaryl/α,β-unsaturated/α-hetero) is 1. The van der Waals surface area contributed by atoms with E-state index >= 15 is 0 Å². The lowest BCUT2D eigenvalue weighted by Gasteiger charge is -2.09. The number of benzene rings is 2. The highest BCUT2D eigenvalue weighted by Crippen LogP contribution is 2.16. The molecule has 0 atom stereocenters. The predicted molar refractivity (Wildman–Crippen MR) is 116 cm³/mol. The highest BCUT2D eigenvalue weighted by atomic mass is 16.5. The van der Waals surface area contributed by atoms with Crippen LogP contribution in [0.15, 0.2) is 66.9 Å². The van der Waals surface area contributed by atoms with Gasteiger partial charge in [-0.15, -0.1) is 0 Å². The van der Waals surface area contributed by atoms with Crippen LogP contribution in [0.5, 0.6) is 5.75 Å². The maximum atomic E-state index is 12.4. The number of nitrogens with zero attached hydrogens (tertiary/aromatic N) is 1. The van der Waals surface area contributed by atoms with Crippen LogP contribution in [-0.2, 0) is 17.9 Å². The first-order valence-corrected chi connectivity index (χ1v) is 10.00. The van der Waals surface area contributed by atoms with Crippen molar-refractivity contribution >= 4 is 11.7 Å². The summed E-state index contributed by atoms with van der Waals surface area (Å²) >= 11 is 0. The maximum absolute atomic E-state index is 12.4. The Morgan fingerprint density at radius 2 is 1.83 bits per heavy atom. The van der Waals surface area contributed by atoms with Crippen LogP contribution in [0.3, 0.4) is 0 Å². The first kappa shape index (κ1) is 21.2. The molecule has 5 heteroatoms. The predicted octanol–water partition coefficient (Wildman–Crippen LogP) is 4.56. The standard InChI is InChI=1S/C25H26N2O3/c1-18-9-10-19(2)23(14-18)24(28)11-12-25(29)27-16-20-6-5-8-22(15-20)30-17-21-7-3-4-13-26-21/h3-10,13-15H,11-12,16-17H2,1-2H3,(H,27,29). The summed E-state index contributed by atoms with van der Waals surface area (Å²) in [4.78, 5) is 28.9. The van der Waals surface area contributed by atoms with Crippen molar-refractivity contribution in [1.29, 1.82) is 0 Å². The molecule has 0 bridgehead atoms. The first-order valence-electron chi connectivity index (χ1n) is 10.00. The molecule has 5 nitrogen and oxygen atoms in total. The van der Waals surface area contributed by atoms with Gasteiger partial charge in [-0.1, -0.05) is 35.9 Å². The highest BCUT2D eigenvalue weighted by Gasteiger charge is 2.12. The van der Waals surface area contributed by atoms with Crippen molar-refractivity contribution in [3.63, 3.8) is 0 Å². The molecule has 0 saturated carbocycles. The zero-order valence-corrected chi connectivity index (χ0v) is 17.4. The summed E-state index contributed by atoms with van der Waals surface area (Å²) in [5.74, 6) is 0.572. The van der Waals surface area contributed by atoms with Crippen LogP contribution < -0.4 is 10.1 Å². The quantitative estimate of drug-likeness (QED) is 0.533. The van der Waals surface area contributed by atoms with E-state index in [-0.39, 0.29) is 24.5 Å². The van der Waals surface area contributed by atoms with Crippen LogP contribution in [0, 0.1) is 13.8 Å². The van der Waals surface area contributed by atoms with E-state index in [4.69, 9.17) is 4.74 Å². The van der Waals surface area contributed by atoms with Crippen molar-refractivity contribution in [2.45, 2.75) is 39.8 Å². The fourth-order valence-corrected chi connectivity index (χ4v) is 3.07. The lowest BCUT2D eigenvalue weighted by molar-refractivity contribution is -0.121. The van der Waals surface area contributed by atoms with E-state index in [9.17, 15) is 9.59 Å². The van der Waals surface area contributed by atoms with Gasteiger partial charge in [0, 0.05) is 31.1 Å². The Morgan fingerprint density at radius 1 is 0.967 bits per heavy atom. The Balaban J connectivity index is 1.46. The van der Waals surface area contributed by atoms with Gasteiger partial charge in [0.15, 0.2) is 5.78 Å².